The van der Waals surface area contributed by atoms with Gasteiger partial charge in [-0.05, 0) is 44.9 Å². The molecule has 0 unspecified atom stereocenters. The predicted octanol–water partition coefficient (Wildman–Crippen LogP) is 2.24. The highest BCUT2D eigenvalue weighted by atomic mass is 28.5. The molecule has 0 saturated carbocycles. The van der Waals surface area contributed by atoms with Crippen LogP contribution in [0.25, 0.3) is 0 Å². The van der Waals surface area contributed by atoms with Gasteiger partial charge in [0.15, 0.2) is 8.32 Å². The number of hydrogen-bond donors (Lipinski definition) is 0. The van der Waals surface area contributed by atoms with Crippen LogP contribution in [0.2, 0.25) is 44.9 Å². The first-order valence-electron chi connectivity index (χ1n) is 4.93. The van der Waals surface area contributed by atoms with Gasteiger partial charge in [0.1, 0.15) is 0 Å². The average molecular weight is 265 g/mol. The van der Waals surface area contributed by atoms with Crippen molar-refractivity contribution < 1.29 is 12.3 Å². The largest absolute Gasteiger partial charge is 0.437 e. The minimum atomic E-state index is -1.94. The van der Waals surface area contributed by atoms with Gasteiger partial charge < -0.3 is 12.3 Å². The highest BCUT2D eigenvalue weighted by Crippen LogP contribution is 2.25. The number of hydrogen-bond acceptors (Lipinski definition) is 3. The summed E-state index contributed by atoms with van der Waals surface area (Å²) in [4.78, 5) is 0. The molecule has 82 valence electrons. The van der Waals surface area contributed by atoms with Gasteiger partial charge in [0.25, 0.3) is 0 Å². The van der Waals surface area contributed by atoms with Gasteiger partial charge in [-0.2, -0.15) is 0 Å². The molecule has 1 heterocycles. The summed E-state index contributed by atoms with van der Waals surface area (Å²) in [6.45, 7) is 13.0. The predicted molar refractivity (Wildman–Crippen MR) is 66.3 cm³/mol. The van der Waals surface area contributed by atoms with E-state index in [9.17, 15) is 0 Å². The van der Waals surface area contributed by atoms with E-state index in [-0.39, 0.29) is 0 Å². The summed E-state index contributed by atoms with van der Waals surface area (Å²) < 4.78 is 18.2. The van der Waals surface area contributed by atoms with Crippen LogP contribution in [-0.4, -0.2) is 35.2 Å². The molecular formula is C7H20O3Si4. The summed E-state index contributed by atoms with van der Waals surface area (Å²) in [7, 11) is -4.80. The van der Waals surface area contributed by atoms with Crippen LogP contribution in [0.3, 0.4) is 0 Å². The molecule has 1 aliphatic heterocycles. The number of rotatable bonds is 0. The first-order chi connectivity index (χ1) is 6.12. The van der Waals surface area contributed by atoms with Crippen LogP contribution in [0.15, 0.2) is 0 Å². The minimum absolute atomic E-state index is 0.565. The molecule has 1 aliphatic rings. The Kier molecular flexibility index (Phi) is 3.63. The lowest BCUT2D eigenvalue weighted by Gasteiger charge is -2.40. The molecule has 0 atom stereocenters. The second-order valence-electron chi connectivity index (χ2n) is 5.19. The van der Waals surface area contributed by atoms with Crippen LogP contribution in [-0.2, 0) is 12.3 Å². The average Bonchev–Trinajstić information content (AvgIpc) is 1.75. The second-order valence-corrected chi connectivity index (χ2v) is 18.5. The molecule has 0 aromatic carbocycles. The Bertz CT molecular complexity index is 197. The van der Waals surface area contributed by atoms with E-state index < -0.39 is 25.4 Å². The van der Waals surface area contributed by atoms with Gasteiger partial charge in [0, 0.05) is 0 Å². The summed E-state index contributed by atoms with van der Waals surface area (Å²) >= 11 is 0. The SMILES string of the molecule is C[Si]1(C)C[Si]O[Si](C)(C)O[Si](C)(C)O1. The molecule has 0 aliphatic carbocycles. The summed E-state index contributed by atoms with van der Waals surface area (Å²) in [6.07, 6.45) is 0. The monoisotopic (exact) mass is 264 g/mol. The molecule has 0 N–H and O–H groups in total. The third kappa shape index (κ3) is 4.09. The highest BCUT2D eigenvalue weighted by Gasteiger charge is 2.43. The van der Waals surface area contributed by atoms with Crippen molar-refractivity contribution in [2.24, 2.45) is 0 Å². The van der Waals surface area contributed by atoms with Crippen LogP contribution in [0.1, 0.15) is 0 Å². The van der Waals surface area contributed by atoms with E-state index in [1.807, 2.05) is 0 Å². The fourth-order valence-corrected chi connectivity index (χ4v) is 17.5. The van der Waals surface area contributed by atoms with Gasteiger partial charge in [0.2, 0.25) is 9.76 Å². The molecule has 0 bridgehead atoms. The van der Waals surface area contributed by atoms with Gasteiger partial charge in [0.05, 0.1) is 0 Å². The molecule has 14 heavy (non-hydrogen) atoms. The molecule has 0 aromatic heterocycles. The Labute approximate surface area is 92.7 Å². The summed E-state index contributed by atoms with van der Waals surface area (Å²) in [5, 5.41) is 0. The van der Waals surface area contributed by atoms with E-state index >= 15 is 0 Å². The quantitative estimate of drug-likeness (QED) is 0.628. The molecule has 0 aromatic rings. The lowest BCUT2D eigenvalue weighted by molar-refractivity contribution is 0.329. The van der Waals surface area contributed by atoms with E-state index in [4.69, 9.17) is 12.3 Å². The zero-order chi connectivity index (χ0) is 11.0. The van der Waals surface area contributed by atoms with E-state index in [1.165, 1.54) is 0 Å². The molecular weight excluding hydrogens is 244 g/mol. The van der Waals surface area contributed by atoms with Crippen LogP contribution in [0.4, 0.5) is 0 Å². The Morgan fingerprint density at radius 1 is 0.857 bits per heavy atom. The fraction of sp³-hybridized carbons (Fsp3) is 1.00. The van der Waals surface area contributed by atoms with Gasteiger partial charge in [-0.15, -0.1) is 0 Å². The van der Waals surface area contributed by atoms with Crippen LogP contribution < -0.4 is 0 Å². The smallest absolute Gasteiger partial charge is 0.312 e. The fourth-order valence-electron chi connectivity index (χ4n) is 1.72. The van der Waals surface area contributed by atoms with Gasteiger partial charge >= 0.3 is 17.1 Å². The lowest BCUT2D eigenvalue weighted by Crippen LogP contribution is -2.56. The van der Waals surface area contributed by atoms with Crippen molar-refractivity contribution in [2.75, 3.05) is 0 Å². The van der Waals surface area contributed by atoms with E-state index in [0.717, 1.165) is 5.67 Å². The van der Waals surface area contributed by atoms with Crippen molar-refractivity contribution in [2.45, 2.75) is 44.9 Å². The zero-order valence-electron chi connectivity index (χ0n) is 9.93. The van der Waals surface area contributed by atoms with Gasteiger partial charge in [-0.1, -0.05) is 0 Å². The summed E-state index contributed by atoms with van der Waals surface area (Å²) in [5.74, 6) is 0. The third-order valence-corrected chi connectivity index (χ3v) is 16.5. The maximum atomic E-state index is 6.22. The topological polar surface area (TPSA) is 27.7 Å². The maximum absolute atomic E-state index is 6.22. The standard InChI is InChI=1S/C7H20O3Si4/c1-12(2)7-11-8-13(3,4)10-14(5,6)9-12/h7H2,1-6H3. The zero-order valence-corrected chi connectivity index (χ0v) is 13.9. The van der Waals surface area contributed by atoms with Crippen LogP contribution in [0, 0.1) is 0 Å². The van der Waals surface area contributed by atoms with Crippen molar-refractivity contribution >= 4 is 35.2 Å². The lowest BCUT2D eigenvalue weighted by atomic mass is 11.8. The Balaban J connectivity index is 2.76. The Morgan fingerprint density at radius 3 is 2.00 bits per heavy atom. The molecule has 0 amide bonds. The van der Waals surface area contributed by atoms with Crippen LogP contribution >= 0.6 is 0 Å². The molecule has 1 fully saturated rings. The van der Waals surface area contributed by atoms with Crippen molar-refractivity contribution in [1.82, 2.24) is 0 Å². The Hall–Kier alpha value is 0.748. The van der Waals surface area contributed by atoms with Crippen molar-refractivity contribution in [1.29, 1.82) is 0 Å². The molecule has 3 nitrogen and oxygen atoms in total. The van der Waals surface area contributed by atoms with E-state index in [0.29, 0.717) is 9.76 Å². The molecule has 2 radical (unpaired) electrons. The van der Waals surface area contributed by atoms with Gasteiger partial charge in [-0.3, -0.25) is 0 Å². The van der Waals surface area contributed by atoms with Gasteiger partial charge in [-0.25, -0.2) is 0 Å². The van der Waals surface area contributed by atoms with Crippen molar-refractivity contribution in [3.63, 3.8) is 0 Å². The molecule has 0 spiro atoms. The molecule has 1 saturated heterocycles. The summed E-state index contributed by atoms with van der Waals surface area (Å²) in [5.41, 5.74) is 1.11. The first-order valence-corrected chi connectivity index (χ1v) is 14.8. The van der Waals surface area contributed by atoms with Crippen molar-refractivity contribution in [3.05, 3.63) is 0 Å². The minimum Gasteiger partial charge on any atom is -0.437 e. The van der Waals surface area contributed by atoms with E-state index in [2.05, 4.69) is 39.3 Å². The summed E-state index contributed by atoms with van der Waals surface area (Å²) in [6, 6.07) is 0. The second kappa shape index (κ2) is 3.96. The van der Waals surface area contributed by atoms with E-state index in [1.54, 1.807) is 0 Å². The molecule has 7 heteroatoms. The highest BCUT2D eigenvalue weighted by molar-refractivity contribution is 6.91. The first kappa shape index (κ1) is 12.8. The maximum Gasteiger partial charge on any atom is 0.312 e. The van der Waals surface area contributed by atoms with Crippen molar-refractivity contribution in [3.8, 4) is 0 Å². The Morgan fingerprint density at radius 2 is 1.43 bits per heavy atom. The molecule has 1 rings (SSSR count). The normalized spacial score (nSPS) is 30.4. The van der Waals surface area contributed by atoms with Crippen LogP contribution in [0.5, 0.6) is 0 Å². The third-order valence-electron chi connectivity index (χ3n) is 1.83.